The van der Waals surface area contributed by atoms with Crippen molar-refractivity contribution >= 4 is 17.8 Å². The molecule has 0 aliphatic rings. The van der Waals surface area contributed by atoms with Gasteiger partial charge in [-0.05, 0) is 53.8 Å². The number of ether oxygens (including phenoxy) is 1. The van der Waals surface area contributed by atoms with Crippen molar-refractivity contribution in [2.45, 2.75) is 0 Å². The molecule has 0 atom stereocenters. The topological polar surface area (TPSA) is 115 Å². The lowest BCUT2D eigenvalue weighted by atomic mass is 10.2. The largest absolute Gasteiger partial charge is 0.737 e. The van der Waals surface area contributed by atoms with Gasteiger partial charge in [0, 0.05) is 4.97 Å². The molecule has 2 aromatic rings. The molecule has 0 aliphatic carbocycles. The second-order valence-electron chi connectivity index (χ2n) is 4.01. The van der Waals surface area contributed by atoms with Crippen LogP contribution in [0, 0.1) is 21.7 Å². The molecule has 110 valence electrons. The maximum absolute atomic E-state index is 11.7. The third-order valence-electron chi connectivity index (χ3n) is 2.75. The molecule has 0 spiro atoms. The number of hydrogen-bond donors (Lipinski definition) is 0. The SMILES string of the molecule is N#Cc1ccc(N(c2ccc(OC=O)cc2)/[N+]([O-])=N/[O-])cc1. The Morgan fingerprint density at radius 1 is 1.14 bits per heavy atom. The fourth-order valence-corrected chi connectivity index (χ4v) is 1.78. The van der Waals surface area contributed by atoms with Crippen LogP contribution in [0.1, 0.15) is 5.56 Å². The Labute approximate surface area is 125 Å². The summed E-state index contributed by atoms with van der Waals surface area (Å²) >= 11 is 0. The van der Waals surface area contributed by atoms with Gasteiger partial charge in [0.1, 0.15) is 17.1 Å². The summed E-state index contributed by atoms with van der Waals surface area (Å²) < 4.78 is 4.65. The van der Waals surface area contributed by atoms with Gasteiger partial charge in [0.2, 0.25) is 0 Å². The summed E-state index contributed by atoms with van der Waals surface area (Å²) in [7, 11) is 0. The molecule has 0 unspecified atom stereocenters. The summed E-state index contributed by atoms with van der Waals surface area (Å²) in [5.74, 6) is 0.287. The van der Waals surface area contributed by atoms with Gasteiger partial charge < -0.3 is 15.2 Å². The van der Waals surface area contributed by atoms with Crippen molar-refractivity contribution in [2.75, 3.05) is 5.01 Å². The van der Waals surface area contributed by atoms with E-state index in [0.717, 1.165) is 5.01 Å². The molecule has 0 bridgehead atoms. The summed E-state index contributed by atoms with van der Waals surface area (Å²) in [6, 6.07) is 13.8. The number of hydrogen-bond acceptors (Lipinski definition) is 6. The maximum atomic E-state index is 11.7. The van der Waals surface area contributed by atoms with E-state index in [-0.39, 0.29) is 17.2 Å². The van der Waals surface area contributed by atoms with Crippen LogP contribution in [0.4, 0.5) is 11.4 Å². The molecule has 0 aromatic heterocycles. The van der Waals surface area contributed by atoms with Gasteiger partial charge >= 0.3 is 0 Å². The second kappa shape index (κ2) is 6.71. The van der Waals surface area contributed by atoms with Crippen LogP contribution < -0.4 is 9.75 Å². The van der Waals surface area contributed by atoms with Crippen molar-refractivity contribution in [2.24, 2.45) is 5.28 Å². The minimum Gasteiger partial charge on any atom is -0.737 e. The van der Waals surface area contributed by atoms with Crippen molar-refractivity contribution in [3.63, 3.8) is 0 Å². The number of hydrazine groups is 1. The van der Waals surface area contributed by atoms with Crippen LogP contribution in [0.2, 0.25) is 0 Å². The number of rotatable bonds is 5. The molecule has 0 fully saturated rings. The predicted molar refractivity (Wildman–Crippen MR) is 75.9 cm³/mol. The molecular weight excluding hydrogens is 288 g/mol. The number of nitrogens with zero attached hydrogens (tertiary/aromatic N) is 4. The molecule has 0 saturated heterocycles. The number of carbonyl (C=O) groups excluding carboxylic acids is 1. The molecule has 0 heterocycles. The van der Waals surface area contributed by atoms with Gasteiger partial charge in [-0.2, -0.15) is 5.26 Å². The van der Waals surface area contributed by atoms with Gasteiger partial charge in [0.15, 0.2) is 0 Å². The number of benzene rings is 2. The smallest absolute Gasteiger partial charge is 0.298 e. The van der Waals surface area contributed by atoms with Crippen molar-refractivity contribution in [3.05, 3.63) is 64.5 Å². The molecule has 2 aromatic carbocycles. The van der Waals surface area contributed by atoms with Gasteiger partial charge in [0.25, 0.3) is 6.47 Å². The molecule has 0 radical (unpaired) electrons. The van der Waals surface area contributed by atoms with Gasteiger partial charge in [0.05, 0.1) is 11.6 Å². The van der Waals surface area contributed by atoms with Crippen LogP contribution in [0.5, 0.6) is 5.75 Å². The van der Waals surface area contributed by atoms with Gasteiger partial charge in [-0.3, -0.25) is 4.79 Å². The lowest BCUT2D eigenvalue weighted by Crippen LogP contribution is -2.24. The zero-order valence-electron chi connectivity index (χ0n) is 11.1. The second-order valence-corrected chi connectivity index (χ2v) is 4.01. The Balaban J connectivity index is 2.41. The molecule has 0 amide bonds. The number of carbonyl (C=O) groups is 1. The summed E-state index contributed by atoms with van der Waals surface area (Å²) in [6.07, 6.45) is 0. The Hall–Kier alpha value is -3.60. The highest BCUT2D eigenvalue weighted by molar-refractivity contribution is 5.62. The molecular formula is C14H9N4O4-. The minimum atomic E-state index is -0.128. The average Bonchev–Trinajstić information content (AvgIpc) is 2.57. The van der Waals surface area contributed by atoms with Crippen LogP contribution in [0.3, 0.4) is 0 Å². The molecule has 8 heteroatoms. The fraction of sp³-hybridized carbons (Fsp3) is 0. The molecule has 0 aliphatic heterocycles. The van der Waals surface area contributed by atoms with Gasteiger partial charge in [-0.1, -0.05) is 5.01 Å². The average molecular weight is 297 g/mol. The van der Waals surface area contributed by atoms with E-state index in [9.17, 15) is 15.2 Å². The zero-order valence-corrected chi connectivity index (χ0v) is 11.1. The summed E-state index contributed by atoms with van der Waals surface area (Å²) in [5, 5.41) is 34.4. The van der Waals surface area contributed by atoms with Crippen molar-refractivity contribution in [1.82, 2.24) is 0 Å². The van der Waals surface area contributed by atoms with Crippen LogP contribution >= 0.6 is 0 Å². The third kappa shape index (κ3) is 3.10. The highest BCUT2D eigenvalue weighted by atomic mass is 16.6. The maximum Gasteiger partial charge on any atom is 0.298 e. The Morgan fingerprint density at radius 3 is 2.14 bits per heavy atom. The van der Waals surface area contributed by atoms with Crippen LogP contribution in [-0.2, 0) is 4.79 Å². The van der Waals surface area contributed by atoms with E-state index in [1.54, 1.807) is 0 Å². The van der Waals surface area contributed by atoms with E-state index in [1.165, 1.54) is 48.5 Å². The Kier molecular flexibility index (Phi) is 4.52. The predicted octanol–water partition coefficient (Wildman–Crippen LogP) is 2.61. The van der Waals surface area contributed by atoms with Crippen LogP contribution in [0.15, 0.2) is 53.8 Å². The Morgan fingerprint density at radius 2 is 1.68 bits per heavy atom. The first kappa shape index (κ1) is 14.8. The Bertz CT molecular complexity index is 720. The van der Waals surface area contributed by atoms with Crippen molar-refractivity contribution < 1.29 is 14.5 Å². The van der Waals surface area contributed by atoms with Crippen LogP contribution in [-0.4, -0.2) is 11.4 Å². The molecule has 8 nitrogen and oxygen atoms in total. The lowest BCUT2D eigenvalue weighted by molar-refractivity contribution is -0.529. The molecule has 22 heavy (non-hydrogen) atoms. The summed E-state index contributed by atoms with van der Waals surface area (Å²) in [5.41, 5.74) is 1.09. The van der Waals surface area contributed by atoms with E-state index in [4.69, 9.17) is 5.26 Å². The summed E-state index contributed by atoms with van der Waals surface area (Å²) in [4.78, 5) is 10.1. The van der Waals surface area contributed by atoms with Gasteiger partial charge in [-0.15, -0.1) is 0 Å². The fourth-order valence-electron chi connectivity index (χ4n) is 1.78. The van der Waals surface area contributed by atoms with E-state index >= 15 is 0 Å². The van der Waals surface area contributed by atoms with E-state index in [2.05, 4.69) is 10.0 Å². The van der Waals surface area contributed by atoms with E-state index < -0.39 is 0 Å². The third-order valence-corrected chi connectivity index (χ3v) is 2.75. The molecule has 0 saturated carbocycles. The zero-order chi connectivity index (χ0) is 15.9. The highest BCUT2D eigenvalue weighted by Gasteiger charge is 2.17. The first-order valence-corrected chi connectivity index (χ1v) is 6.00. The van der Waals surface area contributed by atoms with Crippen molar-refractivity contribution in [3.8, 4) is 11.8 Å². The van der Waals surface area contributed by atoms with Crippen LogP contribution in [0.25, 0.3) is 0 Å². The normalized spacial score (nSPS) is 10.6. The monoisotopic (exact) mass is 297 g/mol. The highest BCUT2D eigenvalue weighted by Crippen LogP contribution is 2.27. The standard InChI is InChI=1S/C14H10N4O4/c15-9-11-1-3-12(4-2-11)17(18(21)16-20)13-5-7-14(8-6-13)22-10-19/h1-8,10,20H/p-1/b18-16-. The number of nitriles is 1. The summed E-state index contributed by atoms with van der Waals surface area (Å²) in [6.45, 7) is 0.278. The minimum absolute atomic E-state index is 0.128. The van der Waals surface area contributed by atoms with Gasteiger partial charge in [-0.25, -0.2) is 0 Å². The first-order chi connectivity index (χ1) is 10.7. The molecule has 2 rings (SSSR count). The van der Waals surface area contributed by atoms with E-state index in [1.807, 2.05) is 6.07 Å². The molecule has 0 N–H and O–H groups in total. The number of anilines is 2. The first-order valence-electron chi connectivity index (χ1n) is 6.00. The van der Waals surface area contributed by atoms with Crippen molar-refractivity contribution in [1.29, 1.82) is 5.26 Å². The van der Waals surface area contributed by atoms with E-state index in [0.29, 0.717) is 16.9 Å². The lowest BCUT2D eigenvalue weighted by Gasteiger charge is -2.19. The quantitative estimate of drug-likeness (QED) is 0.362.